The third-order valence-corrected chi connectivity index (χ3v) is 7.30. The maximum atomic E-state index is 13.6. The number of halogens is 1. The molecule has 0 aliphatic rings. The van der Waals surface area contributed by atoms with Crippen molar-refractivity contribution in [3.8, 4) is 22.4 Å². The summed E-state index contributed by atoms with van der Waals surface area (Å²) in [6.45, 7) is 3.88. The van der Waals surface area contributed by atoms with E-state index in [0.29, 0.717) is 22.0 Å². The molecule has 2 amide bonds. The van der Waals surface area contributed by atoms with Crippen molar-refractivity contribution < 1.29 is 9.59 Å². The zero-order chi connectivity index (χ0) is 29.8. The van der Waals surface area contributed by atoms with Crippen molar-refractivity contribution in [3.05, 3.63) is 112 Å². The number of anilines is 1. The second-order valence-corrected chi connectivity index (χ2v) is 10.6. The van der Waals surface area contributed by atoms with Crippen LogP contribution < -0.4 is 16.2 Å². The van der Waals surface area contributed by atoms with Gasteiger partial charge in [0.15, 0.2) is 0 Å². The number of carbonyl (C=O) groups is 2. The Morgan fingerprint density at radius 1 is 1.00 bits per heavy atom. The molecule has 3 aromatic heterocycles. The predicted octanol–water partition coefficient (Wildman–Crippen LogP) is 4.85. The molecular formula is C31H30ClN7O3. The first kappa shape index (κ1) is 28.6. The topological polar surface area (TPSA) is 127 Å². The van der Waals surface area contributed by atoms with Crippen molar-refractivity contribution >= 4 is 29.1 Å². The zero-order valence-corrected chi connectivity index (χ0v) is 24.1. The van der Waals surface area contributed by atoms with Gasteiger partial charge in [-0.15, -0.1) is 0 Å². The molecule has 0 saturated heterocycles. The fourth-order valence-electron chi connectivity index (χ4n) is 4.62. The summed E-state index contributed by atoms with van der Waals surface area (Å²) >= 11 is 6.61. The van der Waals surface area contributed by atoms with Crippen LogP contribution in [0, 0.1) is 0 Å². The molecule has 1 atom stereocenters. The second kappa shape index (κ2) is 12.3. The van der Waals surface area contributed by atoms with E-state index >= 15 is 0 Å². The number of pyridine rings is 1. The number of rotatable bonds is 9. The quantitative estimate of drug-likeness (QED) is 0.229. The lowest BCUT2D eigenvalue weighted by Crippen LogP contribution is -2.45. The van der Waals surface area contributed by atoms with Crippen LogP contribution >= 0.6 is 11.6 Å². The number of hydrogen-bond acceptors (Lipinski definition) is 5. The molecule has 3 heterocycles. The van der Waals surface area contributed by atoms with Crippen molar-refractivity contribution in [3.63, 3.8) is 0 Å². The number of imidazole rings is 1. The average molecular weight is 584 g/mol. The maximum absolute atomic E-state index is 13.6. The fourth-order valence-corrected chi connectivity index (χ4v) is 4.82. The van der Waals surface area contributed by atoms with Gasteiger partial charge in [0.2, 0.25) is 5.91 Å². The lowest BCUT2D eigenvalue weighted by Gasteiger charge is -2.20. The number of amides is 2. The number of hydrogen-bond donors (Lipinski definition) is 3. The van der Waals surface area contributed by atoms with Gasteiger partial charge in [0, 0.05) is 48.7 Å². The Bertz CT molecular complexity index is 1770. The van der Waals surface area contributed by atoms with E-state index in [9.17, 15) is 14.4 Å². The molecule has 5 aromatic rings. The van der Waals surface area contributed by atoms with Gasteiger partial charge in [-0.05, 0) is 72.5 Å². The Labute approximate surface area is 247 Å². The van der Waals surface area contributed by atoms with Crippen LogP contribution in [0.5, 0.6) is 0 Å². The summed E-state index contributed by atoms with van der Waals surface area (Å²) in [5.41, 5.74) is 4.89. The van der Waals surface area contributed by atoms with E-state index in [1.165, 1.54) is 16.9 Å². The average Bonchev–Trinajstić information content (AvgIpc) is 3.66. The summed E-state index contributed by atoms with van der Waals surface area (Å²) in [6, 6.07) is 16.7. The fraction of sp³-hybridized carbons (Fsp3) is 0.194. The Balaban J connectivity index is 1.43. The molecule has 42 heavy (non-hydrogen) atoms. The van der Waals surface area contributed by atoms with E-state index in [1.54, 1.807) is 60.7 Å². The van der Waals surface area contributed by atoms with Crippen LogP contribution in [-0.4, -0.2) is 42.2 Å². The van der Waals surface area contributed by atoms with Gasteiger partial charge >= 0.3 is 0 Å². The Morgan fingerprint density at radius 3 is 2.40 bits per heavy atom. The Morgan fingerprint density at radius 2 is 1.74 bits per heavy atom. The van der Waals surface area contributed by atoms with E-state index in [4.69, 9.17) is 11.6 Å². The third kappa shape index (κ3) is 6.34. The number of aryl methyl sites for hydroxylation is 1. The van der Waals surface area contributed by atoms with Crippen molar-refractivity contribution in [1.29, 1.82) is 0 Å². The lowest BCUT2D eigenvalue weighted by atomic mass is 9.99. The highest BCUT2D eigenvalue weighted by Crippen LogP contribution is 2.27. The third-order valence-electron chi connectivity index (χ3n) is 6.93. The van der Waals surface area contributed by atoms with Crippen LogP contribution in [0.4, 0.5) is 5.69 Å². The summed E-state index contributed by atoms with van der Waals surface area (Å²) in [4.78, 5) is 46.1. The van der Waals surface area contributed by atoms with Crippen molar-refractivity contribution in [2.24, 2.45) is 7.05 Å². The molecule has 0 bridgehead atoms. The minimum absolute atomic E-state index is 0.00642. The van der Waals surface area contributed by atoms with Gasteiger partial charge in [-0.1, -0.05) is 29.8 Å². The van der Waals surface area contributed by atoms with E-state index in [2.05, 4.69) is 25.7 Å². The van der Waals surface area contributed by atoms with Crippen molar-refractivity contribution in [1.82, 2.24) is 29.6 Å². The highest BCUT2D eigenvalue weighted by molar-refractivity contribution is 6.31. The molecule has 0 aliphatic heterocycles. The number of aromatic nitrogens is 5. The molecular weight excluding hydrogens is 554 g/mol. The molecule has 11 heteroatoms. The van der Waals surface area contributed by atoms with Gasteiger partial charge in [0.05, 0.1) is 18.2 Å². The molecule has 3 N–H and O–H groups in total. The van der Waals surface area contributed by atoms with Crippen molar-refractivity contribution in [2.75, 3.05) is 5.32 Å². The smallest absolute Gasteiger partial charge is 0.270 e. The minimum atomic E-state index is -0.961. The van der Waals surface area contributed by atoms with Gasteiger partial charge in [-0.25, -0.2) is 4.98 Å². The van der Waals surface area contributed by atoms with Crippen LogP contribution in [0.1, 0.15) is 35.9 Å². The van der Waals surface area contributed by atoms with Gasteiger partial charge in [0.25, 0.3) is 11.5 Å². The highest BCUT2D eigenvalue weighted by atomic mass is 35.5. The van der Waals surface area contributed by atoms with Gasteiger partial charge < -0.3 is 20.2 Å². The monoisotopic (exact) mass is 583 g/mol. The summed E-state index contributed by atoms with van der Waals surface area (Å²) in [7, 11) is 1.65. The molecule has 0 aliphatic carbocycles. The number of nitrogens with one attached hydrogen (secondary N) is 3. The first-order valence-corrected chi connectivity index (χ1v) is 13.8. The zero-order valence-electron chi connectivity index (χ0n) is 23.3. The predicted molar refractivity (Wildman–Crippen MR) is 162 cm³/mol. The minimum Gasteiger partial charge on any atom is -0.345 e. The van der Waals surface area contributed by atoms with Crippen LogP contribution in [0.2, 0.25) is 5.02 Å². The summed E-state index contributed by atoms with van der Waals surface area (Å²) in [6.07, 6.45) is 6.76. The largest absolute Gasteiger partial charge is 0.345 e. The van der Waals surface area contributed by atoms with Crippen LogP contribution in [0.3, 0.4) is 0 Å². The number of benzene rings is 2. The van der Waals surface area contributed by atoms with E-state index in [0.717, 1.165) is 22.4 Å². The number of carbonyl (C=O) groups excluding carboxylic acids is 2. The highest BCUT2D eigenvalue weighted by Gasteiger charge is 2.25. The van der Waals surface area contributed by atoms with Crippen LogP contribution in [0.15, 0.2) is 90.4 Å². The SMILES string of the molecule is CC(C)n1cc(-c2ccc(Cl)c(CC(NC(=O)c3ccnn3C)C(=O)Nc3ccc(-c4cnc[nH]4)cc3)c2)ccc1=O. The maximum Gasteiger partial charge on any atom is 0.270 e. The normalized spacial score (nSPS) is 11.8. The molecule has 2 aromatic carbocycles. The van der Waals surface area contributed by atoms with Gasteiger partial charge in [0.1, 0.15) is 11.7 Å². The van der Waals surface area contributed by atoms with Crippen LogP contribution in [-0.2, 0) is 18.3 Å². The molecule has 10 nitrogen and oxygen atoms in total. The van der Waals surface area contributed by atoms with E-state index < -0.39 is 17.9 Å². The molecule has 0 radical (unpaired) electrons. The van der Waals surface area contributed by atoms with E-state index in [1.807, 2.05) is 38.1 Å². The Kier molecular flexibility index (Phi) is 8.35. The van der Waals surface area contributed by atoms with Crippen molar-refractivity contribution in [2.45, 2.75) is 32.4 Å². The van der Waals surface area contributed by atoms with Gasteiger partial charge in [-0.3, -0.25) is 19.1 Å². The Hall–Kier alpha value is -4.96. The standard InChI is InChI=1S/C31H30ClN7O3/c1-19(2)39-17-22(7-11-29(39)40)21-6-10-25(32)23(14-21)15-26(37-31(42)28-12-13-35-38(28)3)30(41)36-24-8-4-20(5-9-24)27-16-33-18-34-27/h4-14,16-19,26H,15H2,1-3H3,(H,33,34)(H,36,41)(H,37,42). The summed E-state index contributed by atoms with van der Waals surface area (Å²) < 4.78 is 3.10. The van der Waals surface area contributed by atoms with E-state index in [-0.39, 0.29) is 18.0 Å². The molecule has 5 rings (SSSR count). The molecule has 0 fully saturated rings. The summed E-state index contributed by atoms with van der Waals surface area (Å²) in [5.74, 6) is -0.851. The number of aromatic amines is 1. The molecule has 0 saturated carbocycles. The van der Waals surface area contributed by atoms with Gasteiger partial charge in [-0.2, -0.15) is 5.10 Å². The lowest BCUT2D eigenvalue weighted by molar-refractivity contribution is -0.118. The second-order valence-electron chi connectivity index (χ2n) is 10.2. The number of H-pyrrole nitrogens is 1. The van der Waals surface area contributed by atoms with Crippen LogP contribution in [0.25, 0.3) is 22.4 Å². The number of nitrogens with zero attached hydrogens (tertiary/aromatic N) is 4. The molecule has 214 valence electrons. The molecule has 1 unspecified atom stereocenters. The first-order chi connectivity index (χ1) is 20.2. The summed E-state index contributed by atoms with van der Waals surface area (Å²) in [5, 5.41) is 10.3. The molecule has 0 spiro atoms. The first-order valence-electron chi connectivity index (χ1n) is 13.4.